The molecule has 3 heterocycles. The Bertz CT molecular complexity index is 1330. The molecule has 0 aliphatic carbocycles. The number of aliphatic carboxylic acids is 1. The monoisotopic (exact) mass is 616 g/mol. The second-order valence-corrected chi connectivity index (χ2v) is 10.3. The van der Waals surface area contributed by atoms with E-state index in [4.69, 9.17) is 26.9 Å². The van der Waals surface area contributed by atoms with Crippen LogP contribution in [0.4, 0.5) is 5.13 Å². The number of fused-ring (bicyclic) bond motifs is 1. The van der Waals surface area contributed by atoms with Crippen LogP contribution < -0.4 is 16.4 Å². The van der Waals surface area contributed by atoms with E-state index in [0.29, 0.717) is 0 Å². The van der Waals surface area contributed by atoms with Crippen molar-refractivity contribution in [2.45, 2.75) is 24.8 Å². The molecule has 1 saturated heterocycles. The Kier molecular flexibility index (Phi) is 10.2. The summed E-state index contributed by atoms with van der Waals surface area (Å²) in [5, 5.41) is 18.8. The lowest BCUT2D eigenvalue weighted by atomic mass is 10.0. The molecule has 0 aromatic carbocycles. The summed E-state index contributed by atoms with van der Waals surface area (Å²) in [6, 6.07) is -1.18. The first kappa shape index (κ1) is 30.5. The van der Waals surface area contributed by atoms with Gasteiger partial charge in [0.25, 0.3) is 17.7 Å². The SMILES string of the molecule is CC(=O)CC(=O)OCC1=C(C(=O)O)N2C(=O)[C@@H](NC(=O)/C(=N\OCC(N)=O)c3csc(NC(=O)CCl)n3)[C@@H]2SC1. The molecule has 0 radical (unpaired) electrons. The first-order chi connectivity index (χ1) is 18.9. The molecule has 4 amide bonds. The number of nitrogens with two attached hydrogens (primary N) is 1. The number of aromatic nitrogens is 1. The molecule has 0 bridgehead atoms. The van der Waals surface area contributed by atoms with Crippen molar-refractivity contribution < 1.29 is 48.2 Å². The zero-order chi connectivity index (χ0) is 29.6. The summed E-state index contributed by atoms with van der Waals surface area (Å²) in [6.45, 7) is 0.0941. The number of Topliss-reactive ketones (excluding diaryl/α,β-unsaturated/α-hetero) is 1. The molecular formula is C21H21ClN6O10S2. The van der Waals surface area contributed by atoms with Crippen LogP contribution in [0.2, 0.25) is 0 Å². The summed E-state index contributed by atoms with van der Waals surface area (Å²) in [5.74, 6) is -6.15. The van der Waals surface area contributed by atoms with Crippen LogP contribution in [0.15, 0.2) is 21.8 Å². The average molecular weight is 617 g/mol. The second-order valence-electron chi connectivity index (χ2n) is 8.06. The van der Waals surface area contributed by atoms with Gasteiger partial charge in [0.15, 0.2) is 17.5 Å². The third kappa shape index (κ3) is 7.33. The number of oxime groups is 1. The van der Waals surface area contributed by atoms with E-state index < -0.39 is 83.8 Å². The topological polar surface area (TPSA) is 237 Å². The molecule has 40 heavy (non-hydrogen) atoms. The van der Waals surface area contributed by atoms with Gasteiger partial charge in [0.1, 0.15) is 47.5 Å². The number of rotatable bonds is 13. The quantitative estimate of drug-likeness (QED) is 0.0510. The number of ether oxygens (including phenoxy) is 1. The summed E-state index contributed by atoms with van der Waals surface area (Å²) in [5.41, 5.74) is 4.24. The molecule has 5 N–H and O–H groups in total. The Labute approximate surface area is 238 Å². The summed E-state index contributed by atoms with van der Waals surface area (Å²) in [6.07, 6.45) is -0.477. The van der Waals surface area contributed by atoms with Gasteiger partial charge < -0.3 is 31.0 Å². The van der Waals surface area contributed by atoms with Crippen molar-refractivity contribution in [2.75, 3.05) is 30.2 Å². The molecule has 3 rings (SSSR count). The molecule has 2 aliphatic rings. The first-order valence-electron chi connectivity index (χ1n) is 11.1. The fraction of sp³-hybridized carbons (Fsp3) is 0.381. The Morgan fingerprint density at radius 3 is 2.65 bits per heavy atom. The van der Waals surface area contributed by atoms with Crippen LogP contribution in [-0.4, -0.2) is 98.3 Å². The number of carboxylic acids is 1. The number of thiazole rings is 1. The predicted octanol–water partition coefficient (Wildman–Crippen LogP) is -1.21. The molecule has 2 atom stereocenters. The van der Waals surface area contributed by atoms with Gasteiger partial charge in [0.2, 0.25) is 5.91 Å². The van der Waals surface area contributed by atoms with Crippen LogP contribution in [0.25, 0.3) is 0 Å². The number of carbonyl (C=O) groups excluding carboxylic acids is 6. The number of carbonyl (C=O) groups is 7. The minimum atomic E-state index is -1.45. The van der Waals surface area contributed by atoms with Gasteiger partial charge in [-0.3, -0.25) is 33.7 Å². The van der Waals surface area contributed by atoms with Crippen molar-refractivity contribution in [1.82, 2.24) is 15.2 Å². The highest BCUT2D eigenvalue weighted by Crippen LogP contribution is 2.40. The highest BCUT2D eigenvalue weighted by atomic mass is 35.5. The number of ketones is 1. The average Bonchev–Trinajstić information content (AvgIpc) is 3.34. The van der Waals surface area contributed by atoms with E-state index >= 15 is 0 Å². The molecule has 1 aromatic heterocycles. The van der Waals surface area contributed by atoms with Gasteiger partial charge in [-0.15, -0.1) is 34.7 Å². The standard InChI is InChI=1S/C21H21ClN6O10S2/c1-8(29)2-13(32)37-4-9-6-39-19-15(18(34)28(19)16(9)20(35)36)26-17(33)14(27-38-5-11(23)30)10-7-40-21(24-10)25-12(31)3-22/h7,15,19H,2-6H2,1H3,(H2,23,30)(H,26,33)(H,35,36)(H,24,25,31)/b27-14-/t15-,19+/m1/s1. The molecule has 1 aromatic rings. The van der Waals surface area contributed by atoms with Crippen LogP contribution in [0.3, 0.4) is 0 Å². The Morgan fingerprint density at radius 2 is 2.02 bits per heavy atom. The predicted molar refractivity (Wildman–Crippen MR) is 139 cm³/mol. The number of hydrogen-bond acceptors (Lipinski definition) is 13. The van der Waals surface area contributed by atoms with E-state index in [1.165, 1.54) is 12.3 Å². The third-order valence-corrected chi connectivity index (χ3v) is 7.37. The number of nitrogens with zero attached hydrogens (tertiary/aromatic N) is 3. The van der Waals surface area contributed by atoms with Gasteiger partial charge in [-0.25, -0.2) is 9.78 Å². The van der Waals surface area contributed by atoms with Crippen molar-refractivity contribution >= 4 is 86.9 Å². The smallest absolute Gasteiger partial charge is 0.352 e. The lowest BCUT2D eigenvalue weighted by molar-refractivity contribution is -0.150. The van der Waals surface area contributed by atoms with Crippen molar-refractivity contribution in [2.24, 2.45) is 10.9 Å². The van der Waals surface area contributed by atoms with Crippen LogP contribution in [0.1, 0.15) is 19.0 Å². The number of β-lactam (4-membered cyclic amide) rings is 1. The van der Waals surface area contributed by atoms with Crippen molar-refractivity contribution in [1.29, 1.82) is 0 Å². The maximum atomic E-state index is 13.1. The summed E-state index contributed by atoms with van der Waals surface area (Å²) in [4.78, 5) is 93.2. The Balaban J connectivity index is 1.76. The van der Waals surface area contributed by atoms with Gasteiger partial charge in [0, 0.05) is 16.7 Å². The first-order valence-corrected chi connectivity index (χ1v) is 13.5. The number of nitrogens with one attached hydrogen (secondary N) is 2. The second kappa shape index (κ2) is 13.4. The Morgan fingerprint density at radius 1 is 1.30 bits per heavy atom. The van der Waals surface area contributed by atoms with Gasteiger partial charge in [-0.05, 0) is 6.92 Å². The van der Waals surface area contributed by atoms with Gasteiger partial charge in [0.05, 0.1) is 0 Å². The zero-order valence-electron chi connectivity index (χ0n) is 20.5. The number of esters is 1. The molecule has 2 aliphatic heterocycles. The molecule has 0 unspecified atom stereocenters. The van der Waals surface area contributed by atoms with Gasteiger partial charge >= 0.3 is 11.9 Å². The molecular weight excluding hydrogens is 596 g/mol. The van der Waals surface area contributed by atoms with Crippen molar-refractivity contribution in [3.63, 3.8) is 0 Å². The van der Waals surface area contributed by atoms with E-state index in [0.717, 1.165) is 28.0 Å². The minimum absolute atomic E-state index is 0.0498. The summed E-state index contributed by atoms with van der Waals surface area (Å²) in [7, 11) is 0. The fourth-order valence-electron chi connectivity index (χ4n) is 3.38. The van der Waals surface area contributed by atoms with E-state index in [-0.39, 0.29) is 28.0 Å². The number of carboxylic acid groups (broad SMARTS) is 1. The van der Waals surface area contributed by atoms with Crippen LogP contribution in [-0.2, 0) is 43.1 Å². The largest absolute Gasteiger partial charge is 0.477 e. The van der Waals surface area contributed by atoms with Crippen LogP contribution in [0, 0.1) is 0 Å². The van der Waals surface area contributed by atoms with Gasteiger partial charge in [-0.2, -0.15) is 0 Å². The molecule has 1 fully saturated rings. The molecule has 0 saturated carbocycles. The number of alkyl halides is 1. The zero-order valence-corrected chi connectivity index (χ0v) is 22.9. The lowest BCUT2D eigenvalue weighted by Gasteiger charge is -2.49. The molecule has 16 nitrogen and oxygen atoms in total. The van der Waals surface area contributed by atoms with E-state index in [9.17, 15) is 38.7 Å². The number of anilines is 1. The van der Waals surface area contributed by atoms with Crippen molar-refractivity contribution in [3.8, 4) is 0 Å². The number of halogens is 1. The highest BCUT2D eigenvalue weighted by Gasteiger charge is 2.54. The van der Waals surface area contributed by atoms with Crippen molar-refractivity contribution in [3.05, 3.63) is 22.3 Å². The van der Waals surface area contributed by atoms with Gasteiger partial charge in [-0.1, -0.05) is 5.16 Å². The molecule has 214 valence electrons. The maximum Gasteiger partial charge on any atom is 0.352 e. The summed E-state index contributed by atoms with van der Waals surface area (Å²) >= 11 is 7.50. The Hall–Kier alpha value is -4.03. The number of primary amides is 1. The van der Waals surface area contributed by atoms with E-state index in [1.807, 2.05) is 0 Å². The normalized spacial score (nSPS) is 18.3. The van der Waals surface area contributed by atoms with Crippen LogP contribution in [0.5, 0.6) is 0 Å². The molecule has 19 heteroatoms. The maximum absolute atomic E-state index is 13.1. The number of amides is 4. The lowest BCUT2D eigenvalue weighted by Crippen LogP contribution is -2.71. The number of thioether (sulfide) groups is 1. The van der Waals surface area contributed by atoms with Crippen LogP contribution >= 0.6 is 34.7 Å². The van der Waals surface area contributed by atoms with E-state index in [2.05, 4.69) is 20.8 Å². The molecule has 0 spiro atoms. The van der Waals surface area contributed by atoms with E-state index in [1.54, 1.807) is 0 Å². The summed E-state index contributed by atoms with van der Waals surface area (Å²) < 4.78 is 4.97. The highest BCUT2D eigenvalue weighted by molar-refractivity contribution is 8.00. The minimum Gasteiger partial charge on any atom is -0.477 e. The third-order valence-electron chi connectivity index (χ3n) is 5.03. The number of hydrogen-bond donors (Lipinski definition) is 4. The fourth-order valence-corrected chi connectivity index (χ4v) is 5.49.